The molecule has 0 fully saturated rings. The summed E-state index contributed by atoms with van der Waals surface area (Å²) in [5.74, 6) is -1.82. The molecule has 1 heterocycles. The van der Waals surface area contributed by atoms with Crippen molar-refractivity contribution in [2.75, 3.05) is 13.1 Å². The summed E-state index contributed by atoms with van der Waals surface area (Å²) in [6.45, 7) is 0.673. The standard InChI is InChI=1S/C32H33N3O6.Na.H/c36-29(17-14-22-7-2-1-3-8-22)33-19-6-10-26(35-31(38)28-21-25-9-4-5-11-27(25)41-28)30(37)34-20-18-23-12-15-24(16-13-23)32(39)40;;/h1-5,7-9,11-13,15-16,21,26H,6,10,14,17-20H2,(H,33,36)(H,34,37)(H,35,38)(H,39,40);;/q;+1;-1/t26-;;/m0../s1. The first-order valence-electron chi connectivity index (χ1n) is 13.6. The van der Waals surface area contributed by atoms with E-state index in [1.54, 1.807) is 24.3 Å². The Kier molecular flexibility index (Phi) is 12.8. The molecule has 4 rings (SSSR count). The molecule has 0 aliphatic rings. The zero-order valence-corrected chi connectivity index (χ0v) is 25.6. The van der Waals surface area contributed by atoms with Gasteiger partial charge in [0.05, 0.1) is 5.56 Å². The average Bonchev–Trinajstić information content (AvgIpc) is 3.43. The number of para-hydroxylation sites is 1. The third kappa shape index (κ3) is 9.87. The van der Waals surface area contributed by atoms with Gasteiger partial charge in [0, 0.05) is 24.9 Å². The molecular weight excluding hydrogens is 545 g/mol. The molecule has 3 amide bonds. The van der Waals surface area contributed by atoms with Crippen LogP contribution in [-0.2, 0) is 22.4 Å². The summed E-state index contributed by atoms with van der Waals surface area (Å²) < 4.78 is 5.65. The molecule has 0 aliphatic heterocycles. The van der Waals surface area contributed by atoms with E-state index in [-0.39, 0.29) is 54.1 Å². The summed E-state index contributed by atoms with van der Waals surface area (Å²) in [5, 5.41) is 18.3. The number of carbonyl (C=O) groups excluding carboxylic acids is 3. The van der Waals surface area contributed by atoms with Crippen LogP contribution >= 0.6 is 0 Å². The topological polar surface area (TPSA) is 138 Å². The van der Waals surface area contributed by atoms with Gasteiger partial charge in [-0.15, -0.1) is 0 Å². The molecule has 0 radical (unpaired) electrons. The molecule has 0 bridgehead atoms. The molecule has 4 aromatic rings. The minimum Gasteiger partial charge on any atom is -1.00 e. The molecular formula is C32H34N3NaO6. The number of amides is 3. The van der Waals surface area contributed by atoms with E-state index < -0.39 is 17.9 Å². The van der Waals surface area contributed by atoms with E-state index in [0.29, 0.717) is 50.8 Å². The molecule has 1 aromatic heterocycles. The second-order valence-electron chi connectivity index (χ2n) is 9.70. The second kappa shape index (κ2) is 16.5. The molecule has 10 heteroatoms. The number of carboxylic acid groups (broad SMARTS) is 1. The second-order valence-corrected chi connectivity index (χ2v) is 9.70. The van der Waals surface area contributed by atoms with Crippen molar-refractivity contribution in [3.63, 3.8) is 0 Å². The van der Waals surface area contributed by atoms with Gasteiger partial charge < -0.3 is 26.9 Å². The fourth-order valence-electron chi connectivity index (χ4n) is 4.38. The number of hydrogen-bond donors (Lipinski definition) is 4. The fraction of sp³-hybridized carbons (Fsp3) is 0.250. The molecule has 42 heavy (non-hydrogen) atoms. The van der Waals surface area contributed by atoms with E-state index in [1.807, 2.05) is 48.5 Å². The molecule has 9 nitrogen and oxygen atoms in total. The maximum atomic E-state index is 13.1. The molecule has 3 aromatic carbocycles. The van der Waals surface area contributed by atoms with Gasteiger partial charge in [0.15, 0.2) is 5.76 Å². The van der Waals surface area contributed by atoms with Crippen molar-refractivity contribution in [3.05, 3.63) is 107 Å². The van der Waals surface area contributed by atoms with E-state index >= 15 is 0 Å². The van der Waals surface area contributed by atoms with Crippen molar-refractivity contribution in [1.29, 1.82) is 0 Å². The van der Waals surface area contributed by atoms with Crippen molar-refractivity contribution in [1.82, 2.24) is 16.0 Å². The Hall–Kier alpha value is -3.92. The summed E-state index contributed by atoms with van der Waals surface area (Å²) in [7, 11) is 0. The van der Waals surface area contributed by atoms with Crippen LogP contribution in [0.3, 0.4) is 0 Å². The number of furan rings is 1. The zero-order valence-electron chi connectivity index (χ0n) is 24.6. The molecule has 0 spiro atoms. The molecule has 0 aliphatic carbocycles. The third-order valence-corrected chi connectivity index (χ3v) is 6.66. The van der Waals surface area contributed by atoms with Gasteiger partial charge in [-0.3, -0.25) is 14.4 Å². The summed E-state index contributed by atoms with van der Waals surface area (Å²) in [6.07, 6.45) is 2.29. The Labute approximate surface area is 267 Å². The third-order valence-electron chi connectivity index (χ3n) is 6.66. The zero-order chi connectivity index (χ0) is 29.0. The normalized spacial score (nSPS) is 11.2. The first-order valence-corrected chi connectivity index (χ1v) is 13.6. The van der Waals surface area contributed by atoms with Crippen LogP contribution in [0.1, 0.15) is 52.7 Å². The largest absolute Gasteiger partial charge is 1.00 e. The number of rotatable bonds is 14. The molecule has 4 N–H and O–H groups in total. The number of aromatic carboxylic acids is 1. The SMILES string of the molecule is O=C(CCc1ccccc1)NCCC[C@H](NC(=O)c1cc2ccccc2o1)C(=O)NCCc1ccc(C(=O)O)cc1.[H-].[Na+]. The number of aryl methyl sites for hydroxylation is 1. The molecule has 1 atom stereocenters. The number of benzene rings is 3. The Morgan fingerprint density at radius 1 is 0.810 bits per heavy atom. The predicted octanol–water partition coefficient (Wildman–Crippen LogP) is 1.23. The summed E-state index contributed by atoms with van der Waals surface area (Å²) in [4.78, 5) is 49.4. The van der Waals surface area contributed by atoms with Crippen molar-refractivity contribution in [2.24, 2.45) is 0 Å². The average molecular weight is 580 g/mol. The van der Waals surface area contributed by atoms with Gasteiger partial charge in [0.2, 0.25) is 11.8 Å². The maximum absolute atomic E-state index is 13.1. The van der Waals surface area contributed by atoms with Crippen LogP contribution in [0.5, 0.6) is 0 Å². The predicted molar refractivity (Wildman–Crippen MR) is 156 cm³/mol. The van der Waals surface area contributed by atoms with Gasteiger partial charge in [0.1, 0.15) is 11.6 Å². The Morgan fingerprint density at radius 2 is 1.50 bits per heavy atom. The summed E-state index contributed by atoms with van der Waals surface area (Å²) in [6, 6.07) is 24.3. The van der Waals surface area contributed by atoms with Crippen molar-refractivity contribution in [3.8, 4) is 0 Å². The molecule has 214 valence electrons. The van der Waals surface area contributed by atoms with Crippen LogP contribution in [0, 0.1) is 0 Å². The number of carboxylic acids is 1. The van der Waals surface area contributed by atoms with Gasteiger partial charge in [-0.05, 0) is 61.1 Å². The van der Waals surface area contributed by atoms with Crippen LogP contribution in [0.4, 0.5) is 0 Å². The first-order chi connectivity index (χ1) is 19.9. The summed E-state index contributed by atoms with van der Waals surface area (Å²) in [5.41, 5.74) is 2.73. The van der Waals surface area contributed by atoms with Gasteiger partial charge in [0.25, 0.3) is 5.91 Å². The monoisotopic (exact) mass is 579 g/mol. The minimum absolute atomic E-state index is 0. The first kappa shape index (κ1) is 32.6. The van der Waals surface area contributed by atoms with E-state index in [0.717, 1.165) is 16.5 Å². The smallest absolute Gasteiger partial charge is 1.00 e. The Bertz CT molecular complexity index is 1460. The molecule has 0 saturated heterocycles. The van der Waals surface area contributed by atoms with Crippen molar-refractivity contribution in [2.45, 2.75) is 38.1 Å². The van der Waals surface area contributed by atoms with E-state index in [1.165, 1.54) is 12.1 Å². The molecule has 0 saturated carbocycles. The van der Waals surface area contributed by atoms with Gasteiger partial charge in [-0.2, -0.15) is 0 Å². The number of fused-ring (bicyclic) bond motifs is 1. The van der Waals surface area contributed by atoms with Crippen LogP contribution < -0.4 is 45.5 Å². The Balaban J connectivity index is 0.00000323. The molecule has 0 unspecified atom stereocenters. The number of hydrogen-bond acceptors (Lipinski definition) is 5. The van der Waals surface area contributed by atoms with Crippen LogP contribution in [0.25, 0.3) is 11.0 Å². The summed E-state index contributed by atoms with van der Waals surface area (Å²) >= 11 is 0. The minimum atomic E-state index is -1.000. The van der Waals surface area contributed by atoms with E-state index in [2.05, 4.69) is 16.0 Å². The fourth-order valence-corrected chi connectivity index (χ4v) is 4.38. The number of nitrogens with one attached hydrogen (secondary N) is 3. The van der Waals surface area contributed by atoms with Crippen LogP contribution in [0.15, 0.2) is 89.3 Å². The quantitative estimate of drug-likeness (QED) is 0.131. The maximum Gasteiger partial charge on any atom is 1.00 e. The van der Waals surface area contributed by atoms with Gasteiger partial charge in [-0.25, -0.2) is 4.79 Å². The van der Waals surface area contributed by atoms with Crippen LogP contribution in [0.2, 0.25) is 0 Å². The van der Waals surface area contributed by atoms with Gasteiger partial charge in [-0.1, -0.05) is 60.7 Å². The van der Waals surface area contributed by atoms with Crippen LogP contribution in [-0.4, -0.2) is 47.9 Å². The van der Waals surface area contributed by atoms with E-state index in [9.17, 15) is 19.2 Å². The van der Waals surface area contributed by atoms with Crippen molar-refractivity contribution >= 4 is 34.7 Å². The van der Waals surface area contributed by atoms with Gasteiger partial charge >= 0.3 is 35.5 Å². The van der Waals surface area contributed by atoms with Crippen molar-refractivity contribution < 1.29 is 59.7 Å². The Morgan fingerprint density at radius 3 is 2.21 bits per heavy atom. The van der Waals surface area contributed by atoms with E-state index in [4.69, 9.17) is 9.52 Å². The number of carbonyl (C=O) groups is 4.